The van der Waals surface area contributed by atoms with Crippen LogP contribution in [0.5, 0.6) is 0 Å². The van der Waals surface area contributed by atoms with E-state index in [1.807, 2.05) is 12.1 Å². The molecule has 6 heteroatoms. The number of fused-ring (bicyclic) bond motifs is 1. The Morgan fingerprint density at radius 3 is 2.76 bits per heavy atom. The van der Waals surface area contributed by atoms with Crippen LogP contribution in [-0.2, 0) is 6.54 Å². The number of hydrogen-bond donors (Lipinski definition) is 3. The van der Waals surface area contributed by atoms with Crippen LogP contribution in [0.3, 0.4) is 0 Å². The zero-order chi connectivity index (χ0) is 17.8. The summed E-state index contributed by atoms with van der Waals surface area (Å²) in [5, 5.41) is 10.4. The third kappa shape index (κ3) is 4.56. The number of halogens is 2. The topological polar surface area (TPSA) is 36.1 Å². The molecule has 0 amide bonds. The number of anilines is 1. The molecule has 1 aromatic heterocycles. The van der Waals surface area contributed by atoms with Crippen molar-refractivity contribution in [3.63, 3.8) is 0 Å². The van der Waals surface area contributed by atoms with Crippen LogP contribution in [0, 0.1) is 6.92 Å². The highest BCUT2D eigenvalue weighted by Gasteiger charge is 2.12. The van der Waals surface area contributed by atoms with Gasteiger partial charge in [-0.3, -0.25) is 0 Å². The fraction of sp³-hybridized carbons (Fsp3) is 0.263. The Morgan fingerprint density at radius 1 is 1.20 bits per heavy atom. The van der Waals surface area contributed by atoms with E-state index in [0.717, 1.165) is 43.1 Å². The van der Waals surface area contributed by atoms with Crippen molar-refractivity contribution in [3.8, 4) is 0 Å². The molecule has 0 atom stereocenters. The summed E-state index contributed by atoms with van der Waals surface area (Å²) in [4.78, 5) is 1.37. The highest BCUT2D eigenvalue weighted by molar-refractivity contribution is 9.13. The lowest BCUT2D eigenvalue weighted by molar-refractivity contribution is 0.629. The molecule has 1 aliphatic heterocycles. The Kier molecular flexibility index (Phi) is 6.39. The SMILES string of the molecule is C=C1C=C(NCCCNCc2sc(Br)c(Br)c2C)Nc2ccccc21. The first-order chi connectivity index (χ1) is 12.1. The molecule has 0 aliphatic carbocycles. The second kappa shape index (κ2) is 8.54. The number of thiophene rings is 1. The molecule has 0 fully saturated rings. The number of benzene rings is 1. The summed E-state index contributed by atoms with van der Waals surface area (Å²) in [5.74, 6) is 1.02. The van der Waals surface area contributed by atoms with Crippen molar-refractivity contribution in [1.29, 1.82) is 0 Å². The smallest absolute Gasteiger partial charge is 0.104 e. The minimum atomic E-state index is 0.909. The predicted molar refractivity (Wildman–Crippen MR) is 116 cm³/mol. The highest BCUT2D eigenvalue weighted by atomic mass is 79.9. The molecule has 3 N–H and O–H groups in total. The quantitative estimate of drug-likeness (QED) is 0.447. The largest absolute Gasteiger partial charge is 0.372 e. The Bertz CT molecular complexity index is 811. The average molecular weight is 483 g/mol. The lowest BCUT2D eigenvalue weighted by Crippen LogP contribution is -2.26. The van der Waals surface area contributed by atoms with Crippen molar-refractivity contribution in [1.82, 2.24) is 10.6 Å². The third-order valence-electron chi connectivity index (χ3n) is 4.13. The number of hydrogen-bond acceptors (Lipinski definition) is 4. The molecular weight excluding hydrogens is 462 g/mol. The molecule has 1 aromatic carbocycles. The highest BCUT2D eigenvalue weighted by Crippen LogP contribution is 2.36. The molecule has 132 valence electrons. The van der Waals surface area contributed by atoms with Crippen molar-refractivity contribution >= 4 is 54.5 Å². The Hall–Kier alpha value is -1.08. The fourth-order valence-electron chi connectivity index (χ4n) is 2.71. The summed E-state index contributed by atoms with van der Waals surface area (Å²) in [7, 11) is 0. The minimum absolute atomic E-state index is 0.909. The van der Waals surface area contributed by atoms with Crippen LogP contribution in [-0.4, -0.2) is 13.1 Å². The van der Waals surface area contributed by atoms with Gasteiger partial charge in [0.2, 0.25) is 0 Å². The molecular formula is C19H21Br2N3S. The lowest BCUT2D eigenvalue weighted by atomic mass is 10.0. The van der Waals surface area contributed by atoms with Crippen LogP contribution >= 0.6 is 43.2 Å². The predicted octanol–water partition coefficient (Wildman–Crippen LogP) is 5.63. The number of rotatable bonds is 7. The summed E-state index contributed by atoms with van der Waals surface area (Å²) < 4.78 is 2.34. The summed E-state index contributed by atoms with van der Waals surface area (Å²) in [6.07, 6.45) is 3.12. The summed E-state index contributed by atoms with van der Waals surface area (Å²) in [5.41, 5.74) is 4.63. The summed E-state index contributed by atoms with van der Waals surface area (Å²) in [6.45, 7) is 9.09. The van der Waals surface area contributed by atoms with E-state index < -0.39 is 0 Å². The second-order valence-corrected chi connectivity index (χ2v) is 9.16. The van der Waals surface area contributed by atoms with Crippen molar-refractivity contribution in [3.05, 3.63) is 67.0 Å². The first-order valence-corrected chi connectivity index (χ1v) is 10.6. The van der Waals surface area contributed by atoms with Crippen molar-refractivity contribution in [2.24, 2.45) is 0 Å². The molecule has 3 rings (SSSR count). The molecule has 3 nitrogen and oxygen atoms in total. The molecule has 2 heterocycles. The van der Waals surface area contributed by atoms with Gasteiger partial charge in [-0.05, 0) is 75.0 Å². The van der Waals surface area contributed by atoms with E-state index in [9.17, 15) is 0 Å². The van der Waals surface area contributed by atoms with Gasteiger partial charge in [-0.25, -0.2) is 0 Å². The van der Waals surface area contributed by atoms with E-state index in [2.05, 4.69) is 79.5 Å². The molecule has 25 heavy (non-hydrogen) atoms. The van der Waals surface area contributed by atoms with Crippen LogP contribution in [0.15, 0.2) is 51.0 Å². The summed E-state index contributed by atoms with van der Waals surface area (Å²) >= 11 is 8.96. The van der Waals surface area contributed by atoms with Gasteiger partial charge in [0.15, 0.2) is 0 Å². The molecule has 1 aliphatic rings. The van der Waals surface area contributed by atoms with Gasteiger partial charge in [0, 0.05) is 33.7 Å². The van der Waals surface area contributed by atoms with Gasteiger partial charge in [0.25, 0.3) is 0 Å². The van der Waals surface area contributed by atoms with E-state index in [1.165, 1.54) is 24.3 Å². The number of nitrogens with one attached hydrogen (secondary N) is 3. The number of allylic oxidation sites excluding steroid dienone is 2. The van der Waals surface area contributed by atoms with Crippen LogP contribution in [0.1, 0.15) is 22.4 Å². The first-order valence-electron chi connectivity index (χ1n) is 8.21. The van der Waals surface area contributed by atoms with Crippen molar-refractivity contribution in [2.75, 3.05) is 18.4 Å². The van der Waals surface area contributed by atoms with Gasteiger partial charge in [-0.1, -0.05) is 24.8 Å². The zero-order valence-electron chi connectivity index (χ0n) is 14.1. The standard InChI is InChI=1S/C19H21Br2N3S/c1-12-10-17(24-15-7-4-3-6-14(12)15)23-9-5-8-22-11-16-13(2)18(20)19(21)25-16/h3-4,6-7,10,22-24H,1,5,8-9,11H2,2H3. The van der Waals surface area contributed by atoms with E-state index >= 15 is 0 Å². The molecule has 0 spiro atoms. The van der Waals surface area contributed by atoms with E-state index in [1.54, 1.807) is 11.3 Å². The van der Waals surface area contributed by atoms with E-state index in [0.29, 0.717) is 0 Å². The molecule has 0 saturated heterocycles. The van der Waals surface area contributed by atoms with E-state index in [-0.39, 0.29) is 0 Å². The van der Waals surface area contributed by atoms with Gasteiger partial charge in [-0.2, -0.15) is 0 Å². The summed E-state index contributed by atoms with van der Waals surface area (Å²) in [6, 6.07) is 8.24. The molecule has 2 aromatic rings. The van der Waals surface area contributed by atoms with Crippen LogP contribution in [0.25, 0.3) is 5.57 Å². The van der Waals surface area contributed by atoms with Gasteiger partial charge in [-0.15, -0.1) is 11.3 Å². The Labute approximate surface area is 169 Å². The monoisotopic (exact) mass is 481 g/mol. The third-order valence-corrected chi connectivity index (χ3v) is 7.87. The first kappa shape index (κ1) is 18.7. The average Bonchev–Trinajstić information content (AvgIpc) is 2.85. The van der Waals surface area contributed by atoms with Crippen LogP contribution in [0.4, 0.5) is 5.69 Å². The normalized spacial score (nSPS) is 13.2. The molecule has 0 radical (unpaired) electrons. The van der Waals surface area contributed by atoms with Gasteiger partial charge in [0.1, 0.15) is 5.82 Å². The zero-order valence-corrected chi connectivity index (χ0v) is 18.1. The maximum Gasteiger partial charge on any atom is 0.104 e. The van der Waals surface area contributed by atoms with E-state index in [4.69, 9.17) is 0 Å². The van der Waals surface area contributed by atoms with Gasteiger partial charge < -0.3 is 16.0 Å². The van der Waals surface area contributed by atoms with Crippen molar-refractivity contribution in [2.45, 2.75) is 19.9 Å². The van der Waals surface area contributed by atoms with Gasteiger partial charge >= 0.3 is 0 Å². The minimum Gasteiger partial charge on any atom is -0.372 e. The molecule has 0 bridgehead atoms. The lowest BCUT2D eigenvalue weighted by Gasteiger charge is -2.21. The molecule has 0 saturated carbocycles. The maximum atomic E-state index is 4.14. The van der Waals surface area contributed by atoms with Crippen molar-refractivity contribution < 1.29 is 0 Å². The Morgan fingerprint density at radius 2 is 2.00 bits per heavy atom. The number of para-hydroxylation sites is 1. The van der Waals surface area contributed by atoms with Crippen LogP contribution < -0.4 is 16.0 Å². The Balaban J connectivity index is 1.39. The second-order valence-electron chi connectivity index (χ2n) is 5.95. The van der Waals surface area contributed by atoms with Crippen LogP contribution in [0.2, 0.25) is 0 Å². The fourth-order valence-corrected chi connectivity index (χ4v) is 5.09. The maximum absolute atomic E-state index is 4.14. The molecule has 0 unspecified atom stereocenters. The van der Waals surface area contributed by atoms with Gasteiger partial charge in [0.05, 0.1) is 3.79 Å².